The van der Waals surface area contributed by atoms with Gasteiger partial charge in [-0.05, 0) is 55.0 Å². The second-order valence-corrected chi connectivity index (χ2v) is 10.7. The Hall–Kier alpha value is -3.05. The quantitative estimate of drug-likeness (QED) is 0.497. The molecule has 34 heavy (non-hydrogen) atoms. The number of aromatic nitrogens is 1. The largest absolute Gasteiger partial charge is 0.497 e. The first kappa shape index (κ1) is 24.1. The summed E-state index contributed by atoms with van der Waals surface area (Å²) < 4.78 is 37.3. The Bertz CT molecular complexity index is 1280. The van der Waals surface area contributed by atoms with Crippen molar-refractivity contribution < 1.29 is 22.7 Å². The van der Waals surface area contributed by atoms with Crippen LogP contribution in [0, 0.1) is 6.92 Å². The Kier molecular flexibility index (Phi) is 7.42. The lowest BCUT2D eigenvalue weighted by Crippen LogP contribution is -2.40. The van der Waals surface area contributed by atoms with E-state index in [1.165, 1.54) is 21.7 Å². The number of sulfonamides is 1. The predicted molar refractivity (Wildman–Crippen MR) is 133 cm³/mol. The van der Waals surface area contributed by atoms with E-state index in [1.54, 1.807) is 37.5 Å². The standard InChI is InChI=1S/C24H25N3O5S2/c1-17-23(19-6-8-20(31-2)9-7-19)26-24(33-17)25-22(28)12-5-18-3-10-21(11-4-18)34(29,30)27-13-15-32-16-14-27/h3-12H,13-16H2,1-2H3,(H,25,26,28). The number of benzene rings is 2. The number of carbonyl (C=O) groups excluding carboxylic acids is 1. The van der Waals surface area contributed by atoms with Crippen LogP contribution >= 0.6 is 11.3 Å². The summed E-state index contributed by atoms with van der Waals surface area (Å²) in [6.07, 6.45) is 3.03. The third-order valence-corrected chi connectivity index (χ3v) is 8.10. The van der Waals surface area contributed by atoms with E-state index in [0.29, 0.717) is 37.0 Å². The molecule has 8 nitrogen and oxygen atoms in total. The number of methoxy groups -OCH3 is 1. The summed E-state index contributed by atoms with van der Waals surface area (Å²) in [5.41, 5.74) is 2.46. The van der Waals surface area contributed by atoms with Crippen LogP contribution in [-0.2, 0) is 19.6 Å². The molecule has 1 aromatic heterocycles. The maximum Gasteiger partial charge on any atom is 0.250 e. The number of thiazole rings is 1. The van der Waals surface area contributed by atoms with Crippen LogP contribution < -0.4 is 10.1 Å². The smallest absolute Gasteiger partial charge is 0.250 e. The number of rotatable bonds is 7. The molecule has 1 aliphatic heterocycles. The van der Waals surface area contributed by atoms with Crippen molar-refractivity contribution in [3.05, 3.63) is 65.0 Å². The fraction of sp³-hybridized carbons (Fsp3) is 0.250. The summed E-state index contributed by atoms with van der Waals surface area (Å²) in [4.78, 5) is 18.2. The minimum Gasteiger partial charge on any atom is -0.497 e. The van der Waals surface area contributed by atoms with E-state index >= 15 is 0 Å². The molecule has 0 bridgehead atoms. The average molecular weight is 500 g/mol. The van der Waals surface area contributed by atoms with Gasteiger partial charge in [0.15, 0.2) is 5.13 Å². The van der Waals surface area contributed by atoms with Gasteiger partial charge in [-0.3, -0.25) is 10.1 Å². The summed E-state index contributed by atoms with van der Waals surface area (Å²) in [5.74, 6) is 0.446. The zero-order chi connectivity index (χ0) is 24.1. The average Bonchev–Trinajstić information content (AvgIpc) is 3.23. The molecule has 4 rings (SSSR count). The molecule has 178 valence electrons. The SMILES string of the molecule is COc1ccc(-c2nc(NC(=O)C=Cc3ccc(S(=O)(=O)N4CCOCC4)cc3)sc2C)cc1. The number of hydrogen-bond acceptors (Lipinski definition) is 7. The first-order valence-electron chi connectivity index (χ1n) is 10.7. The molecule has 1 fully saturated rings. The number of morpholine rings is 1. The van der Waals surface area contributed by atoms with Crippen molar-refractivity contribution in [2.24, 2.45) is 0 Å². The van der Waals surface area contributed by atoms with Gasteiger partial charge in [-0.1, -0.05) is 12.1 Å². The molecule has 0 saturated carbocycles. The molecular formula is C24H25N3O5S2. The zero-order valence-electron chi connectivity index (χ0n) is 18.9. The van der Waals surface area contributed by atoms with E-state index in [-0.39, 0.29) is 10.8 Å². The summed E-state index contributed by atoms with van der Waals surface area (Å²) in [6.45, 7) is 3.45. The Morgan fingerprint density at radius 1 is 1.12 bits per heavy atom. The lowest BCUT2D eigenvalue weighted by Gasteiger charge is -2.26. The van der Waals surface area contributed by atoms with Gasteiger partial charge in [-0.15, -0.1) is 11.3 Å². The first-order chi connectivity index (χ1) is 16.4. The number of ether oxygens (including phenoxy) is 2. The zero-order valence-corrected chi connectivity index (χ0v) is 20.5. The number of amides is 1. The van der Waals surface area contributed by atoms with Crippen LogP contribution in [0.4, 0.5) is 5.13 Å². The Morgan fingerprint density at radius 2 is 1.79 bits per heavy atom. The third kappa shape index (κ3) is 5.53. The lowest BCUT2D eigenvalue weighted by atomic mass is 10.1. The van der Waals surface area contributed by atoms with E-state index in [1.807, 2.05) is 31.2 Å². The highest BCUT2D eigenvalue weighted by molar-refractivity contribution is 7.89. The van der Waals surface area contributed by atoms with E-state index in [4.69, 9.17) is 9.47 Å². The van der Waals surface area contributed by atoms with Gasteiger partial charge in [-0.25, -0.2) is 13.4 Å². The van der Waals surface area contributed by atoms with Gasteiger partial charge in [0.1, 0.15) is 5.75 Å². The van der Waals surface area contributed by atoms with E-state index in [2.05, 4.69) is 10.3 Å². The molecule has 0 atom stereocenters. The molecule has 2 heterocycles. The first-order valence-corrected chi connectivity index (χ1v) is 12.9. The number of nitrogens with one attached hydrogen (secondary N) is 1. The molecule has 1 saturated heterocycles. The molecule has 0 unspecified atom stereocenters. The molecule has 1 aliphatic rings. The van der Waals surface area contributed by atoms with Crippen LogP contribution in [0.2, 0.25) is 0 Å². The van der Waals surface area contributed by atoms with Gasteiger partial charge in [0.05, 0.1) is 30.9 Å². The second-order valence-electron chi connectivity index (χ2n) is 7.56. The van der Waals surface area contributed by atoms with Gasteiger partial charge in [0.25, 0.3) is 0 Å². The molecular weight excluding hydrogens is 474 g/mol. The topological polar surface area (TPSA) is 97.8 Å². The van der Waals surface area contributed by atoms with Crippen molar-refractivity contribution in [1.29, 1.82) is 0 Å². The predicted octanol–water partition coefficient (Wildman–Crippen LogP) is 3.80. The van der Waals surface area contributed by atoms with Gasteiger partial charge in [0, 0.05) is 29.6 Å². The van der Waals surface area contributed by atoms with Gasteiger partial charge in [0.2, 0.25) is 15.9 Å². The monoisotopic (exact) mass is 499 g/mol. The molecule has 2 aromatic carbocycles. The number of aryl methyl sites for hydroxylation is 1. The minimum atomic E-state index is -3.54. The summed E-state index contributed by atoms with van der Waals surface area (Å²) >= 11 is 1.40. The highest BCUT2D eigenvalue weighted by Gasteiger charge is 2.26. The van der Waals surface area contributed by atoms with Crippen molar-refractivity contribution in [2.45, 2.75) is 11.8 Å². The van der Waals surface area contributed by atoms with E-state index in [0.717, 1.165) is 21.9 Å². The van der Waals surface area contributed by atoms with Crippen LogP contribution in [0.25, 0.3) is 17.3 Å². The maximum absolute atomic E-state index is 12.7. The van der Waals surface area contributed by atoms with Gasteiger partial charge >= 0.3 is 0 Å². The Labute approximate surface area is 202 Å². The number of hydrogen-bond donors (Lipinski definition) is 1. The molecule has 1 amide bonds. The number of carbonyl (C=O) groups is 1. The third-order valence-electron chi connectivity index (χ3n) is 5.31. The van der Waals surface area contributed by atoms with Crippen LogP contribution in [0.1, 0.15) is 10.4 Å². The number of nitrogens with zero attached hydrogens (tertiary/aromatic N) is 2. The van der Waals surface area contributed by atoms with Crippen molar-refractivity contribution in [2.75, 3.05) is 38.7 Å². The summed E-state index contributed by atoms with van der Waals surface area (Å²) in [5, 5.41) is 3.29. The molecule has 3 aromatic rings. The van der Waals surface area contributed by atoms with Crippen molar-refractivity contribution in [3.8, 4) is 17.0 Å². The van der Waals surface area contributed by atoms with Gasteiger partial charge in [-0.2, -0.15) is 4.31 Å². The lowest BCUT2D eigenvalue weighted by molar-refractivity contribution is -0.111. The normalized spacial score (nSPS) is 14.9. The highest BCUT2D eigenvalue weighted by Crippen LogP contribution is 2.31. The molecule has 0 radical (unpaired) electrons. The van der Waals surface area contributed by atoms with Crippen LogP contribution in [0.15, 0.2) is 59.5 Å². The Morgan fingerprint density at radius 3 is 2.44 bits per heavy atom. The van der Waals surface area contributed by atoms with Crippen molar-refractivity contribution in [3.63, 3.8) is 0 Å². The fourth-order valence-corrected chi connectivity index (χ4v) is 5.72. The van der Waals surface area contributed by atoms with Crippen LogP contribution in [-0.4, -0.2) is 57.0 Å². The molecule has 10 heteroatoms. The van der Waals surface area contributed by atoms with E-state index < -0.39 is 10.0 Å². The summed E-state index contributed by atoms with van der Waals surface area (Å²) in [6, 6.07) is 14.0. The molecule has 1 N–H and O–H groups in total. The maximum atomic E-state index is 12.7. The van der Waals surface area contributed by atoms with Crippen molar-refractivity contribution in [1.82, 2.24) is 9.29 Å². The minimum absolute atomic E-state index is 0.223. The second kappa shape index (κ2) is 10.5. The summed E-state index contributed by atoms with van der Waals surface area (Å²) in [7, 11) is -1.93. The van der Waals surface area contributed by atoms with Crippen LogP contribution in [0.3, 0.4) is 0 Å². The van der Waals surface area contributed by atoms with Gasteiger partial charge < -0.3 is 9.47 Å². The fourth-order valence-electron chi connectivity index (χ4n) is 3.47. The Balaban J connectivity index is 1.39. The molecule has 0 spiro atoms. The highest BCUT2D eigenvalue weighted by atomic mass is 32.2. The van der Waals surface area contributed by atoms with E-state index in [9.17, 15) is 13.2 Å². The molecule has 0 aliphatic carbocycles. The number of anilines is 1. The van der Waals surface area contributed by atoms with Crippen LogP contribution in [0.5, 0.6) is 5.75 Å². The van der Waals surface area contributed by atoms with Crippen molar-refractivity contribution >= 4 is 38.5 Å².